The fraction of sp³-hybridized carbons (Fsp3) is 0.588. The lowest BCUT2D eigenvalue weighted by atomic mass is 10.1. The third kappa shape index (κ3) is 7.17. The summed E-state index contributed by atoms with van der Waals surface area (Å²) in [6.45, 7) is 2.98. The molecule has 0 atom stereocenters. The summed E-state index contributed by atoms with van der Waals surface area (Å²) in [5.74, 6) is 0.401. The van der Waals surface area contributed by atoms with Crippen molar-refractivity contribution in [2.45, 2.75) is 58.3 Å². The first-order valence-electron chi connectivity index (χ1n) is 7.76. The fourth-order valence-electron chi connectivity index (χ4n) is 2.14. The maximum Gasteiger partial charge on any atom is 0.248 e. The summed E-state index contributed by atoms with van der Waals surface area (Å²) < 4.78 is 5.63. The van der Waals surface area contributed by atoms with E-state index in [1.54, 1.807) is 24.3 Å². The van der Waals surface area contributed by atoms with Gasteiger partial charge in [0.05, 0.1) is 6.61 Å². The molecule has 0 bridgehead atoms. The minimum atomic E-state index is -0.403. The van der Waals surface area contributed by atoms with Crippen molar-refractivity contribution in [3.63, 3.8) is 0 Å². The molecule has 0 spiro atoms. The number of amides is 1. The van der Waals surface area contributed by atoms with Gasteiger partial charge in [0.1, 0.15) is 5.75 Å². The zero-order valence-electron chi connectivity index (χ0n) is 12.6. The molecule has 1 rings (SSSR count). The average molecular weight is 277 g/mol. The number of primary amides is 1. The number of ether oxygens (including phenoxy) is 1. The number of nitrogens with two attached hydrogens (primary N) is 1. The standard InChI is InChI=1S/C17H27NO2/c1-2-3-4-5-6-7-8-9-14-20-16-12-10-15(11-13-16)17(18)19/h10-13H,2-9,14H2,1H3,(H2,18,19). The number of unbranched alkanes of at least 4 members (excludes halogenated alkanes) is 7. The molecular weight excluding hydrogens is 250 g/mol. The molecule has 0 fully saturated rings. The van der Waals surface area contributed by atoms with Crippen LogP contribution in [0.2, 0.25) is 0 Å². The van der Waals surface area contributed by atoms with E-state index in [4.69, 9.17) is 10.5 Å². The maximum absolute atomic E-state index is 10.9. The van der Waals surface area contributed by atoms with Gasteiger partial charge >= 0.3 is 0 Å². The number of benzene rings is 1. The first kappa shape index (κ1) is 16.5. The molecule has 0 saturated heterocycles. The smallest absolute Gasteiger partial charge is 0.248 e. The Labute approximate surface area is 122 Å². The number of hydrogen-bond donors (Lipinski definition) is 1. The number of rotatable bonds is 11. The Morgan fingerprint density at radius 1 is 0.950 bits per heavy atom. The molecule has 0 aromatic heterocycles. The minimum Gasteiger partial charge on any atom is -0.494 e. The van der Waals surface area contributed by atoms with Crippen LogP contribution in [0.5, 0.6) is 5.75 Å². The first-order chi connectivity index (χ1) is 9.74. The topological polar surface area (TPSA) is 52.3 Å². The van der Waals surface area contributed by atoms with Crippen LogP contribution in [0.3, 0.4) is 0 Å². The Morgan fingerprint density at radius 3 is 2.05 bits per heavy atom. The molecule has 3 nitrogen and oxygen atoms in total. The number of carbonyl (C=O) groups excluding carboxylic acids is 1. The molecule has 20 heavy (non-hydrogen) atoms. The predicted octanol–water partition coefficient (Wildman–Crippen LogP) is 4.31. The van der Waals surface area contributed by atoms with Crippen molar-refractivity contribution in [2.24, 2.45) is 5.73 Å². The minimum absolute atomic E-state index is 0.403. The van der Waals surface area contributed by atoms with Crippen molar-refractivity contribution < 1.29 is 9.53 Å². The molecule has 0 saturated carbocycles. The van der Waals surface area contributed by atoms with Crippen LogP contribution in [-0.4, -0.2) is 12.5 Å². The second kappa shape index (κ2) is 10.3. The van der Waals surface area contributed by atoms with E-state index >= 15 is 0 Å². The van der Waals surface area contributed by atoms with E-state index in [9.17, 15) is 4.79 Å². The second-order valence-electron chi connectivity index (χ2n) is 5.21. The van der Waals surface area contributed by atoms with E-state index in [0.29, 0.717) is 5.56 Å². The Hall–Kier alpha value is -1.51. The van der Waals surface area contributed by atoms with Crippen LogP contribution in [0, 0.1) is 0 Å². The zero-order chi connectivity index (χ0) is 14.6. The second-order valence-corrected chi connectivity index (χ2v) is 5.21. The molecule has 2 N–H and O–H groups in total. The molecule has 0 unspecified atom stereocenters. The molecule has 0 heterocycles. The molecule has 3 heteroatoms. The van der Waals surface area contributed by atoms with E-state index in [1.165, 1.54) is 44.9 Å². The summed E-state index contributed by atoms with van der Waals surface area (Å²) in [6.07, 6.45) is 10.4. The molecule has 0 radical (unpaired) electrons. The summed E-state index contributed by atoms with van der Waals surface area (Å²) >= 11 is 0. The van der Waals surface area contributed by atoms with Crippen LogP contribution in [0.15, 0.2) is 24.3 Å². The van der Waals surface area contributed by atoms with Crippen molar-refractivity contribution in [2.75, 3.05) is 6.61 Å². The van der Waals surface area contributed by atoms with Gasteiger partial charge in [-0.2, -0.15) is 0 Å². The Bertz CT molecular complexity index is 373. The van der Waals surface area contributed by atoms with Crippen LogP contribution in [0.4, 0.5) is 0 Å². The Morgan fingerprint density at radius 2 is 1.50 bits per heavy atom. The van der Waals surface area contributed by atoms with Crippen LogP contribution in [-0.2, 0) is 0 Å². The molecule has 0 aliphatic carbocycles. The van der Waals surface area contributed by atoms with Crippen molar-refractivity contribution in [3.05, 3.63) is 29.8 Å². The van der Waals surface area contributed by atoms with Gasteiger partial charge in [-0.1, -0.05) is 51.9 Å². The lowest BCUT2D eigenvalue weighted by Crippen LogP contribution is -2.10. The molecular formula is C17H27NO2. The summed E-state index contributed by atoms with van der Waals surface area (Å²) in [4.78, 5) is 10.9. The van der Waals surface area contributed by atoms with Gasteiger partial charge in [0.25, 0.3) is 0 Å². The van der Waals surface area contributed by atoms with Gasteiger partial charge in [-0.05, 0) is 30.7 Å². The molecule has 1 amide bonds. The lowest BCUT2D eigenvalue weighted by molar-refractivity contribution is 0.100. The van der Waals surface area contributed by atoms with Crippen LogP contribution < -0.4 is 10.5 Å². The van der Waals surface area contributed by atoms with Gasteiger partial charge in [0.15, 0.2) is 0 Å². The predicted molar refractivity (Wildman–Crippen MR) is 83.1 cm³/mol. The average Bonchev–Trinajstić information content (AvgIpc) is 2.46. The first-order valence-corrected chi connectivity index (χ1v) is 7.76. The summed E-state index contributed by atoms with van der Waals surface area (Å²) in [5, 5.41) is 0. The van der Waals surface area contributed by atoms with Gasteiger partial charge in [-0.25, -0.2) is 0 Å². The Kier molecular flexibility index (Phi) is 8.52. The summed E-state index contributed by atoms with van der Waals surface area (Å²) in [6, 6.07) is 6.99. The van der Waals surface area contributed by atoms with Crippen molar-refractivity contribution >= 4 is 5.91 Å². The van der Waals surface area contributed by atoms with Crippen molar-refractivity contribution in [1.82, 2.24) is 0 Å². The monoisotopic (exact) mass is 277 g/mol. The molecule has 112 valence electrons. The van der Waals surface area contributed by atoms with Crippen LogP contribution in [0.25, 0.3) is 0 Å². The highest BCUT2D eigenvalue weighted by Gasteiger charge is 2.00. The molecule has 0 aliphatic heterocycles. The van der Waals surface area contributed by atoms with E-state index in [0.717, 1.165) is 18.8 Å². The third-order valence-corrected chi connectivity index (χ3v) is 3.41. The van der Waals surface area contributed by atoms with Gasteiger partial charge in [0, 0.05) is 5.56 Å². The summed E-state index contributed by atoms with van der Waals surface area (Å²) in [5.41, 5.74) is 5.70. The lowest BCUT2D eigenvalue weighted by Gasteiger charge is -2.06. The normalized spacial score (nSPS) is 10.4. The van der Waals surface area contributed by atoms with Gasteiger partial charge in [-0.3, -0.25) is 4.79 Å². The molecule has 1 aromatic carbocycles. The number of carbonyl (C=O) groups is 1. The Balaban J connectivity index is 2.02. The summed E-state index contributed by atoms with van der Waals surface area (Å²) in [7, 11) is 0. The fourth-order valence-corrected chi connectivity index (χ4v) is 2.14. The van der Waals surface area contributed by atoms with E-state index < -0.39 is 5.91 Å². The highest BCUT2D eigenvalue weighted by molar-refractivity contribution is 5.92. The van der Waals surface area contributed by atoms with E-state index in [-0.39, 0.29) is 0 Å². The zero-order valence-corrected chi connectivity index (χ0v) is 12.6. The van der Waals surface area contributed by atoms with Crippen LogP contribution >= 0.6 is 0 Å². The van der Waals surface area contributed by atoms with Crippen molar-refractivity contribution in [1.29, 1.82) is 0 Å². The highest BCUT2D eigenvalue weighted by atomic mass is 16.5. The molecule has 1 aromatic rings. The van der Waals surface area contributed by atoms with Crippen LogP contribution in [0.1, 0.15) is 68.6 Å². The molecule has 0 aliphatic rings. The van der Waals surface area contributed by atoms with E-state index in [2.05, 4.69) is 6.92 Å². The number of hydrogen-bond acceptors (Lipinski definition) is 2. The SMILES string of the molecule is CCCCCCCCCCOc1ccc(C(N)=O)cc1. The van der Waals surface area contributed by atoms with Gasteiger partial charge in [-0.15, -0.1) is 0 Å². The van der Waals surface area contributed by atoms with E-state index in [1.807, 2.05) is 0 Å². The highest BCUT2D eigenvalue weighted by Crippen LogP contribution is 2.13. The quantitative estimate of drug-likeness (QED) is 0.613. The van der Waals surface area contributed by atoms with Gasteiger partial charge < -0.3 is 10.5 Å². The third-order valence-electron chi connectivity index (χ3n) is 3.41. The van der Waals surface area contributed by atoms with Gasteiger partial charge in [0.2, 0.25) is 5.91 Å². The van der Waals surface area contributed by atoms with Crippen molar-refractivity contribution in [3.8, 4) is 5.75 Å². The largest absolute Gasteiger partial charge is 0.494 e. The maximum atomic E-state index is 10.9.